The summed E-state index contributed by atoms with van der Waals surface area (Å²) in [5.41, 5.74) is 5.07. The number of carboxylic acid groups (broad SMARTS) is 1. The first-order chi connectivity index (χ1) is 14.0. The number of nitrogens with two attached hydrogens (primary N) is 1. The van der Waals surface area contributed by atoms with Crippen molar-refractivity contribution in [2.75, 3.05) is 13.2 Å². The second-order valence-electron chi connectivity index (χ2n) is 6.89. The Balaban J connectivity index is 2.80. The van der Waals surface area contributed by atoms with Gasteiger partial charge in [0.2, 0.25) is 0 Å². The molecule has 1 aromatic rings. The van der Waals surface area contributed by atoms with E-state index in [2.05, 4.69) is 0 Å². The second kappa shape index (κ2) is 11.5. The van der Waals surface area contributed by atoms with Gasteiger partial charge in [-0.25, -0.2) is 0 Å². The number of nitrogens with one attached hydrogen (secondary N) is 1. The van der Waals surface area contributed by atoms with E-state index in [4.69, 9.17) is 10.5 Å². The van der Waals surface area contributed by atoms with Gasteiger partial charge in [0.05, 0.1) is 12.5 Å². The Hall–Kier alpha value is -2.62. The third-order valence-electron chi connectivity index (χ3n) is 4.72. The monoisotopic (exact) mass is 432 g/mol. The van der Waals surface area contributed by atoms with Gasteiger partial charge in [-0.05, 0) is 44.6 Å². The van der Waals surface area contributed by atoms with Crippen molar-refractivity contribution in [3.05, 3.63) is 35.9 Å². The molecule has 0 aliphatic carbocycles. The third-order valence-corrected chi connectivity index (χ3v) is 4.72. The normalized spacial score (nSPS) is 14.4. The van der Waals surface area contributed by atoms with E-state index in [-0.39, 0.29) is 38.8 Å². The van der Waals surface area contributed by atoms with E-state index >= 15 is 0 Å². The van der Waals surface area contributed by atoms with Crippen molar-refractivity contribution in [2.24, 2.45) is 11.7 Å². The lowest BCUT2D eigenvalue weighted by atomic mass is 9.77. The number of halogens is 3. The number of aryl methyl sites for hydroxylation is 1. The highest BCUT2D eigenvalue weighted by atomic mass is 19.4. The number of hydrogen-bond donors (Lipinski definition) is 3. The lowest BCUT2D eigenvalue weighted by molar-refractivity contribution is -0.173. The molecule has 0 saturated heterocycles. The molecule has 1 rings (SSSR count). The summed E-state index contributed by atoms with van der Waals surface area (Å²) in [6.07, 6.45) is -4.44. The van der Waals surface area contributed by atoms with Crippen LogP contribution >= 0.6 is 0 Å². The zero-order chi connectivity index (χ0) is 22.8. The lowest BCUT2D eigenvalue weighted by Gasteiger charge is -2.32. The van der Waals surface area contributed by atoms with Gasteiger partial charge in [-0.15, -0.1) is 0 Å². The molecule has 0 aliphatic heterocycles. The van der Waals surface area contributed by atoms with Gasteiger partial charge in [-0.3, -0.25) is 14.4 Å². The molecule has 0 aliphatic rings. The molecular weight excluding hydrogens is 405 g/mol. The minimum Gasteiger partial charge on any atom is -0.480 e. The van der Waals surface area contributed by atoms with Crippen LogP contribution in [0, 0.1) is 5.92 Å². The van der Waals surface area contributed by atoms with Crippen LogP contribution in [0.5, 0.6) is 0 Å². The first-order valence-corrected chi connectivity index (χ1v) is 9.60. The lowest BCUT2D eigenvalue weighted by Crippen LogP contribution is -2.57. The third kappa shape index (κ3) is 7.66. The van der Waals surface area contributed by atoms with Gasteiger partial charge in [0.1, 0.15) is 5.54 Å². The van der Waals surface area contributed by atoms with Gasteiger partial charge < -0.3 is 20.9 Å². The van der Waals surface area contributed by atoms with Gasteiger partial charge in [0.15, 0.2) is 0 Å². The van der Waals surface area contributed by atoms with Crippen LogP contribution in [0.25, 0.3) is 0 Å². The molecule has 0 bridgehead atoms. The van der Waals surface area contributed by atoms with Crippen LogP contribution in [0.4, 0.5) is 13.2 Å². The number of hydrogen-bond acceptors (Lipinski definition) is 5. The first-order valence-electron chi connectivity index (χ1n) is 9.60. The van der Waals surface area contributed by atoms with Crippen molar-refractivity contribution in [1.29, 1.82) is 0 Å². The van der Waals surface area contributed by atoms with E-state index in [1.54, 1.807) is 12.2 Å². The van der Waals surface area contributed by atoms with E-state index < -0.39 is 35.5 Å². The number of carboxylic acids is 1. The summed E-state index contributed by atoms with van der Waals surface area (Å²) in [6, 6.07) is 9.14. The van der Waals surface area contributed by atoms with Crippen LogP contribution in [0.2, 0.25) is 0 Å². The van der Waals surface area contributed by atoms with E-state index in [0.717, 1.165) is 5.56 Å². The predicted molar refractivity (Wildman–Crippen MR) is 102 cm³/mol. The fraction of sp³-hybridized carbons (Fsp3) is 0.550. The van der Waals surface area contributed by atoms with E-state index in [1.165, 1.54) is 0 Å². The molecule has 0 spiro atoms. The summed E-state index contributed by atoms with van der Waals surface area (Å²) in [4.78, 5) is 35.2. The van der Waals surface area contributed by atoms with Crippen LogP contribution in [0.1, 0.15) is 38.2 Å². The smallest absolute Gasteiger partial charge is 0.471 e. The molecule has 0 fully saturated rings. The number of alkyl halides is 3. The van der Waals surface area contributed by atoms with Gasteiger partial charge in [-0.2, -0.15) is 13.2 Å². The average Bonchev–Trinajstić information content (AvgIpc) is 2.67. The minimum atomic E-state index is -4.98. The molecule has 7 nitrogen and oxygen atoms in total. The van der Waals surface area contributed by atoms with Crippen molar-refractivity contribution in [3.63, 3.8) is 0 Å². The number of carbonyl (C=O) groups excluding carboxylic acids is 2. The molecule has 4 N–H and O–H groups in total. The molecule has 0 aromatic heterocycles. The summed E-state index contributed by atoms with van der Waals surface area (Å²) in [5, 5.41) is 11.4. The maximum atomic E-state index is 12.5. The molecule has 1 amide bonds. The molecule has 1 aromatic carbocycles. The number of carbonyl (C=O) groups is 3. The predicted octanol–water partition coefficient (Wildman–Crippen LogP) is 2.43. The van der Waals surface area contributed by atoms with Crippen molar-refractivity contribution < 1.29 is 37.4 Å². The van der Waals surface area contributed by atoms with E-state index in [0.29, 0.717) is 6.42 Å². The number of amides is 1. The molecular formula is C20H27F3N2O5. The van der Waals surface area contributed by atoms with Crippen LogP contribution in [-0.2, 0) is 25.5 Å². The minimum absolute atomic E-state index is 0.0554. The Labute approximate surface area is 172 Å². The largest absolute Gasteiger partial charge is 0.480 e. The highest BCUT2D eigenvalue weighted by Gasteiger charge is 2.46. The second-order valence-corrected chi connectivity index (χ2v) is 6.89. The van der Waals surface area contributed by atoms with Crippen LogP contribution < -0.4 is 11.1 Å². The number of ether oxygens (including phenoxy) is 1. The zero-order valence-corrected chi connectivity index (χ0v) is 16.7. The molecule has 168 valence electrons. The maximum absolute atomic E-state index is 12.5. The van der Waals surface area contributed by atoms with E-state index in [9.17, 15) is 32.7 Å². The van der Waals surface area contributed by atoms with Gasteiger partial charge in [0, 0.05) is 6.54 Å². The molecule has 10 heteroatoms. The number of benzene rings is 1. The Morgan fingerprint density at radius 2 is 1.80 bits per heavy atom. The summed E-state index contributed by atoms with van der Waals surface area (Å²) < 4.78 is 41.6. The summed E-state index contributed by atoms with van der Waals surface area (Å²) in [6.45, 7) is 1.36. The Morgan fingerprint density at radius 3 is 2.33 bits per heavy atom. The quantitative estimate of drug-likeness (QED) is 0.345. The number of rotatable bonds is 12. The number of esters is 1. The van der Waals surface area contributed by atoms with Crippen molar-refractivity contribution >= 4 is 17.8 Å². The maximum Gasteiger partial charge on any atom is 0.471 e. The zero-order valence-electron chi connectivity index (χ0n) is 16.7. The summed E-state index contributed by atoms with van der Waals surface area (Å²) >= 11 is 0. The van der Waals surface area contributed by atoms with Crippen molar-refractivity contribution in [1.82, 2.24) is 5.32 Å². The molecule has 30 heavy (non-hydrogen) atoms. The number of unbranched alkanes of at least 4 members (excludes halogenated alkanes) is 1. The van der Waals surface area contributed by atoms with E-state index in [1.807, 2.05) is 30.3 Å². The standard InChI is InChI=1S/C20H27F3N2O5/c1-2-30-16(26)15(11-10-14-8-4-3-5-9-14)19(24,18(28)29)12-6-7-13-25-17(27)20(21,22)23/h3-5,8-9,15H,2,6-7,10-13,24H2,1H3,(H,25,27)(H,28,29)/t15-,19-/m1/s1. The molecule has 0 radical (unpaired) electrons. The summed E-state index contributed by atoms with van der Waals surface area (Å²) in [5.74, 6) is -5.33. The summed E-state index contributed by atoms with van der Waals surface area (Å²) in [7, 11) is 0. The Morgan fingerprint density at radius 1 is 1.17 bits per heavy atom. The fourth-order valence-corrected chi connectivity index (χ4v) is 3.06. The van der Waals surface area contributed by atoms with Crippen molar-refractivity contribution in [3.8, 4) is 0 Å². The Kier molecular flexibility index (Phi) is 9.77. The molecule has 0 saturated carbocycles. The highest BCUT2D eigenvalue weighted by Crippen LogP contribution is 2.28. The van der Waals surface area contributed by atoms with Gasteiger partial charge in [-0.1, -0.05) is 30.3 Å². The molecule has 0 unspecified atom stereocenters. The highest BCUT2D eigenvalue weighted by molar-refractivity contribution is 5.87. The molecule has 2 atom stereocenters. The molecule has 0 heterocycles. The average molecular weight is 432 g/mol. The van der Waals surface area contributed by atoms with Crippen LogP contribution in [0.3, 0.4) is 0 Å². The Bertz CT molecular complexity index is 712. The number of aliphatic carboxylic acids is 1. The SMILES string of the molecule is CCOC(=O)[C@@H](CCc1ccccc1)[C@](N)(CCCCNC(=O)C(F)(F)F)C(=O)O. The van der Waals surface area contributed by atoms with Crippen LogP contribution in [-0.4, -0.2) is 47.8 Å². The van der Waals surface area contributed by atoms with Crippen molar-refractivity contribution in [2.45, 2.75) is 50.7 Å². The van der Waals surface area contributed by atoms with Gasteiger partial charge >= 0.3 is 24.0 Å². The topological polar surface area (TPSA) is 119 Å². The van der Waals surface area contributed by atoms with Crippen LogP contribution in [0.15, 0.2) is 30.3 Å². The van der Waals surface area contributed by atoms with Gasteiger partial charge in [0.25, 0.3) is 0 Å². The first kappa shape index (κ1) is 25.4. The fourth-order valence-electron chi connectivity index (χ4n) is 3.06.